The number of nitrogens with one attached hydrogen (secondary N) is 1. The Hall–Kier alpha value is -2.40. The zero-order valence-electron chi connectivity index (χ0n) is 16.2. The lowest BCUT2D eigenvalue weighted by molar-refractivity contribution is 0.102. The Morgan fingerprint density at radius 2 is 1.87 bits per heavy atom. The number of carbonyl (C=O) groups excluding carboxylic acids is 1. The first-order valence-electron chi connectivity index (χ1n) is 9.69. The normalized spacial score (nSPS) is 15.0. The summed E-state index contributed by atoms with van der Waals surface area (Å²) in [6.45, 7) is 1.11. The van der Waals surface area contributed by atoms with Crippen LogP contribution in [0.15, 0.2) is 57.9 Å². The van der Waals surface area contributed by atoms with E-state index < -0.39 is 10.0 Å². The molecule has 0 bridgehead atoms. The fourth-order valence-corrected chi connectivity index (χ4v) is 6.58. The number of benzene rings is 2. The summed E-state index contributed by atoms with van der Waals surface area (Å²) in [6, 6.07) is 14.1. The van der Waals surface area contributed by atoms with E-state index in [-0.39, 0.29) is 16.5 Å². The minimum Gasteiger partial charge on any atom is -0.296 e. The van der Waals surface area contributed by atoms with Crippen LogP contribution < -0.4 is 5.32 Å². The highest BCUT2D eigenvalue weighted by Crippen LogP contribution is 2.30. The molecule has 2 aromatic heterocycles. The van der Waals surface area contributed by atoms with Crippen LogP contribution >= 0.6 is 27.3 Å². The Bertz CT molecular complexity index is 1430. The molecule has 0 unspecified atom stereocenters. The minimum absolute atomic E-state index is 0.254. The molecule has 2 aromatic carbocycles. The Kier molecular flexibility index (Phi) is 5.25. The zero-order valence-corrected chi connectivity index (χ0v) is 19.4. The van der Waals surface area contributed by atoms with Crippen LogP contribution in [-0.4, -0.2) is 41.7 Å². The van der Waals surface area contributed by atoms with E-state index in [1.807, 2.05) is 24.3 Å². The summed E-state index contributed by atoms with van der Waals surface area (Å²) in [7, 11) is -3.50. The van der Waals surface area contributed by atoms with Crippen molar-refractivity contribution in [2.45, 2.75) is 17.7 Å². The fourth-order valence-electron chi connectivity index (χ4n) is 3.59. The average Bonchev–Trinajstić information content (AvgIpc) is 3.43. The molecule has 10 heteroatoms. The smallest absolute Gasteiger partial charge is 0.276 e. The monoisotopic (exact) mass is 516 g/mol. The van der Waals surface area contributed by atoms with Crippen LogP contribution in [0.3, 0.4) is 0 Å². The van der Waals surface area contributed by atoms with Crippen molar-refractivity contribution in [3.8, 4) is 0 Å². The molecule has 1 aliphatic heterocycles. The maximum Gasteiger partial charge on any atom is 0.276 e. The van der Waals surface area contributed by atoms with Crippen LogP contribution in [0.4, 0.5) is 5.13 Å². The SMILES string of the molecule is O=C(Nc1nc2ccc(S(=O)(=O)N3CCCC3)cc2s1)c1ccc2cccc(Br)c2n1. The van der Waals surface area contributed by atoms with E-state index in [0.29, 0.717) is 34.0 Å². The molecular weight excluding hydrogens is 500 g/mol. The van der Waals surface area contributed by atoms with Crippen LogP contribution in [0, 0.1) is 0 Å². The second kappa shape index (κ2) is 7.94. The largest absolute Gasteiger partial charge is 0.296 e. The van der Waals surface area contributed by atoms with Gasteiger partial charge in [0.2, 0.25) is 10.0 Å². The Balaban J connectivity index is 1.42. The summed E-state index contributed by atoms with van der Waals surface area (Å²) in [5.74, 6) is -0.373. The lowest BCUT2D eigenvalue weighted by Crippen LogP contribution is -2.27. The van der Waals surface area contributed by atoms with Crippen LogP contribution in [0.2, 0.25) is 0 Å². The summed E-state index contributed by atoms with van der Waals surface area (Å²) >= 11 is 4.70. The van der Waals surface area contributed by atoms with Crippen LogP contribution in [-0.2, 0) is 10.0 Å². The summed E-state index contributed by atoms with van der Waals surface area (Å²) in [5.41, 5.74) is 1.61. The molecule has 5 rings (SSSR count). The summed E-state index contributed by atoms with van der Waals surface area (Å²) in [5, 5.41) is 4.10. The molecule has 1 aliphatic rings. The predicted octanol–water partition coefficient (Wildman–Crippen LogP) is 4.64. The van der Waals surface area contributed by atoms with Gasteiger partial charge in [0.1, 0.15) is 5.69 Å². The van der Waals surface area contributed by atoms with Crippen molar-refractivity contribution < 1.29 is 13.2 Å². The Morgan fingerprint density at radius 1 is 1.06 bits per heavy atom. The number of para-hydroxylation sites is 1. The molecule has 31 heavy (non-hydrogen) atoms. The molecule has 4 aromatic rings. The molecule has 0 aliphatic carbocycles. The number of hydrogen-bond acceptors (Lipinski definition) is 6. The number of pyridine rings is 1. The van der Waals surface area contributed by atoms with E-state index in [1.54, 1.807) is 24.3 Å². The van der Waals surface area contributed by atoms with Gasteiger partial charge in [0.25, 0.3) is 5.91 Å². The first-order chi connectivity index (χ1) is 14.9. The standard InChI is InChI=1S/C21H17BrN4O3S2/c22-15-5-3-4-13-6-8-17(23-19(13)15)20(27)25-21-24-16-9-7-14(12-18(16)30-21)31(28,29)26-10-1-2-11-26/h3-9,12H,1-2,10-11H2,(H,24,25,27). The van der Waals surface area contributed by atoms with Gasteiger partial charge in [0.05, 0.1) is 20.6 Å². The van der Waals surface area contributed by atoms with Crippen molar-refractivity contribution >= 4 is 69.4 Å². The quantitative estimate of drug-likeness (QED) is 0.426. The average molecular weight is 517 g/mol. The second-order valence-corrected chi connectivity index (χ2v) is 11.0. The molecule has 158 valence electrons. The number of hydrogen-bond donors (Lipinski definition) is 1. The summed E-state index contributed by atoms with van der Waals surface area (Å²) in [6.07, 6.45) is 1.77. The molecule has 0 saturated carbocycles. The van der Waals surface area contributed by atoms with Crippen LogP contribution in [0.5, 0.6) is 0 Å². The summed E-state index contributed by atoms with van der Waals surface area (Å²) in [4.78, 5) is 21.8. The number of halogens is 1. The number of rotatable bonds is 4. The predicted molar refractivity (Wildman–Crippen MR) is 125 cm³/mol. The van der Waals surface area contributed by atoms with Crippen LogP contribution in [0.1, 0.15) is 23.3 Å². The maximum atomic E-state index is 12.8. The second-order valence-electron chi connectivity index (χ2n) is 7.22. The van der Waals surface area contributed by atoms with Crippen molar-refractivity contribution in [3.05, 3.63) is 58.7 Å². The number of sulfonamides is 1. The number of anilines is 1. The van der Waals surface area contributed by atoms with E-state index in [2.05, 4.69) is 31.2 Å². The third kappa shape index (κ3) is 3.84. The van der Waals surface area contributed by atoms with Crippen molar-refractivity contribution in [1.29, 1.82) is 0 Å². The molecule has 1 N–H and O–H groups in total. The highest BCUT2D eigenvalue weighted by molar-refractivity contribution is 9.10. The van der Waals surface area contributed by atoms with Crippen molar-refractivity contribution in [2.75, 3.05) is 18.4 Å². The zero-order chi connectivity index (χ0) is 21.6. The van der Waals surface area contributed by atoms with Gasteiger partial charge in [0.15, 0.2) is 5.13 Å². The van der Waals surface area contributed by atoms with Gasteiger partial charge >= 0.3 is 0 Å². The number of aromatic nitrogens is 2. The molecule has 0 atom stereocenters. The molecule has 1 amide bonds. The molecular formula is C21H17BrN4O3S2. The number of thiazole rings is 1. The van der Waals surface area contributed by atoms with Gasteiger partial charge < -0.3 is 0 Å². The lowest BCUT2D eigenvalue weighted by atomic mass is 10.2. The number of fused-ring (bicyclic) bond motifs is 2. The molecule has 0 radical (unpaired) electrons. The molecule has 1 fully saturated rings. The van der Waals surface area contributed by atoms with Gasteiger partial charge in [-0.25, -0.2) is 18.4 Å². The van der Waals surface area contributed by atoms with Gasteiger partial charge in [0, 0.05) is 22.9 Å². The van der Waals surface area contributed by atoms with E-state index in [0.717, 1.165) is 22.7 Å². The number of carbonyl (C=O) groups is 1. The van der Waals surface area contributed by atoms with Gasteiger partial charge in [-0.15, -0.1) is 0 Å². The minimum atomic E-state index is -3.50. The molecule has 0 spiro atoms. The number of amides is 1. The molecule has 7 nitrogen and oxygen atoms in total. The third-order valence-corrected chi connectivity index (χ3v) is 8.65. The van der Waals surface area contributed by atoms with E-state index in [9.17, 15) is 13.2 Å². The third-order valence-electron chi connectivity index (χ3n) is 5.19. The highest BCUT2D eigenvalue weighted by Gasteiger charge is 2.27. The first kappa shape index (κ1) is 20.5. The van der Waals surface area contributed by atoms with Crippen LogP contribution in [0.25, 0.3) is 21.1 Å². The van der Waals surface area contributed by atoms with Gasteiger partial charge in [-0.2, -0.15) is 4.31 Å². The Morgan fingerprint density at radius 3 is 2.68 bits per heavy atom. The first-order valence-corrected chi connectivity index (χ1v) is 12.7. The van der Waals surface area contributed by atoms with E-state index in [1.165, 1.54) is 15.6 Å². The Labute approximate surface area is 191 Å². The van der Waals surface area contributed by atoms with Crippen molar-refractivity contribution in [2.24, 2.45) is 0 Å². The van der Waals surface area contributed by atoms with Gasteiger partial charge in [-0.1, -0.05) is 29.5 Å². The molecule has 1 saturated heterocycles. The molecule has 3 heterocycles. The van der Waals surface area contributed by atoms with Gasteiger partial charge in [-0.05, 0) is 59.1 Å². The maximum absolute atomic E-state index is 12.8. The van der Waals surface area contributed by atoms with E-state index in [4.69, 9.17) is 0 Å². The van der Waals surface area contributed by atoms with Crippen molar-refractivity contribution in [3.63, 3.8) is 0 Å². The highest BCUT2D eigenvalue weighted by atomic mass is 79.9. The topological polar surface area (TPSA) is 92.3 Å². The number of nitrogens with zero attached hydrogens (tertiary/aromatic N) is 3. The lowest BCUT2D eigenvalue weighted by Gasteiger charge is -2.15. The van der Waals surface area contributed by atoms with E-state index >= 15 is 0 Å². The van der Waals surface area contributed by atoms with Crippen molar-refractivity contribution in [1.82, 2.24) is 14.3 Å². The fraction of sp³-hybridized carbons (Fsp3) is 0.190. The summed E-state index contributed by atoms with van der Waals surface area (Å²) < 4.78 is 28.6. The van der Waals surface area contributed by atoms with Gasteiger partial charge in [-0.3, -0.25) is 10.1 Å².